The molecule has 0 aliphatic rings. The minimum absolute atomic E-state index is 0.0107. The summed E-state index contributed by atoms with van der Waals surface area (Å²) in [5, 5.41) is 7.58. The number of nitrogens with zero attached hydrogens (tertiary/aromatic N) is 1. The molecular weight excluding hydrogens is 375 g/mol. The van der Waals surface area contributed by atoms with E-state index in [1.54, 1.807) is 17.0 Å². The van der Waals surface area contributed by atoms with Crippen LogP contribution in [0, 0.1) is 5.82 Å². The summed E-state index contributed by atoms with van der Waals surface area (Å²) in [5.74, 6) is -1.10. The summed E-state index contributed by atoms with van der Waals surface area (Å²) in [6.45, 7) is 2.78. The van der Waals surface area contributed by atoms with Crippen LogP contribution in [0.5, 0.6) is 0 Å². The Balaban J connectivity index is 1.70. The van der Waals surface area contributed by atoms with Crippen LogP contribution >= 0.6 is 0 Å². The molecule has 7 nitrogen and oxygen atoms in total. The number of halogens is 1. The summed E-state index contributed by atoms with van der Waals surface area (Å²) in [4.78, 5) is 37.6. The van der Waals surface area contributed by atoms with Crippen molar-refractivity contribution in [3.63, 3.8) is 0 Å². The number of imide groups is 1. The van der Waals surface area contributed by atoms with E-state index in [0.717, 1.165) is 11.1 Å². The Bertz CT molecular complexity index is 812. The lowest BCUT2D eigenvalue weighted by molar-refractivity contribution is -0.124. The van der Waals surface area contributed by atoms with Gasteiger partial charge in [-0.2, -0.15) is 0 Å². The summed E-state index contributed by atoms with van der Waals surface area (Å²) in [7, 11) is 0. The third-order valence-electron chi connectivity index (χ3n) is 4.13. The van der Waals surface area contributed by atoms with Crippen molar-refractivity contribution in [2.45, 2.75) is 20.0 Å². The van der Waals surface area contributed by atoms with Gasteiger partial charge in [0.05, 0.1) is 13.1 Å². The SMILES string of the molecule is CCN(CC(=O)NCc1ccc(F)cc1)CC(=O)NC(=O)NCc1ccccc1. The van der Waals surface area contributed by atoms with Gasteiger partial charge in [-0.25, -0.2) is 9.18 Å². The number of rotatable bonds is 9. The first-order valence-electron chi connectivity index (χ1n) is 9.31. The van der Waals surface area contributed by atoms with E-state index >= 15 is 0 Å². The van der Waals surface area contributed by atoms with Crippen LogP contribution in [0.3, 0.4) is 0 Å². The summed E-state index contributed by atoms with van der Waals surface area (Å²) in [5.41, 5.74) is 1.69. The van der Waals surface area contributed by atoms with Gasteiger partial charge in [0.2, 0.25) is 11.8 Å². The molecule has 0 aromatic heterocycles. The number of urea groups is 1. The molecule has 0 heterocycles. The Labute approximate surface area is 169 Å². The second-order valence-electron chi connectivity index (χ2n) is 6.42. The average molecular weight is 400 g/mol. The normalized spacial score (nSPS) is 10.4. The van der Waals surface area contributed by atoms with E-state index in [9.17, 15) is 18.8 Å². The molecule has 0 unspecified atom stereocenters. The Kier molecular flexibility index (Phi) is 8.78. The molecule has 0 aliphatic heterocycles. The van der Waals surface area contributed by atoms with E-state index in [-0.39, 0.29) is 31.4 Å². The molecule has 0 radical (unpaired) electrons. The molecule has 2 rings (SSSR count). The number of hydrogen-bond acceptors (Lipinski definition) is 4. The predicted octanol–water partition coefficient (Wildman–Crippen LogP) is 1.79. The van der Waals surface area contributed by atoms with Gasteiger partial charge in [0.1, 0.15) is 5.82 Å². The largest absolute Gasteiger partial charge is 0.351 e. The number of benzene rings is 2. The second kappa shape index (κ2) is 11.6. The van der Waals surface area contributed by atoms with E-state index in [0.29, 0.717) is 13.1 Å². The van der Waals surface area contributed by atoms with Crippen molar-refractivity contribution < 1.29 is 18.8 Å². The highest BCUT2D eigenvalue weighted by Crippen LogP contribution is 2.02. The van der Waals surface area contributed by atoms with E-state index in [4.69, 9.17) is 0 Å². The number of carbonyl (C=O) groups excluding carboxylic acids is 3. The van der Waals surface area contributed by atoms with E-state index in [2.05, 4.69) is 16.0 Å². The van der Waals surface area contributed by atoms with Crippen LogP contribution in [0.2, 0.25) is 0 Å². The molecule has 0 saturated heterocycles. The van der Waals surface area contributed by atoms with Crippen LogP contribution in [-0.4, -0.2) is 42.4 Å². The van der Waals surface area contributed by atoms with Crippen molar-refractivity contribution in [2.24, 2.45) is 0 Å². The number of amides is 4. The number of likely N-dealkylation sites (N-methyl/N-ethyl adjacent to an activating group) is 1. The lowest BCUT2D eigenvalue weighted by Gasteiger charge is -2.19. The zero-order chi connectivity index (χ0) is 21.1. The maximum atomic E-state index is 12.9. The first-order chi connectivity index (χ1) is 14.0. The van der Waals surface area contributed by atoms with Gasteiger partial charge in [0.15, 0.2) is 0 Å². The van der Waals surface area contributed by atoms with Crippen LogP contribution in [0.4, 0.5) is 9.18 Å². The van der Waals surface area contributed by atoms with Crippen molar-refractivity contribution in [1.82, 2.24) is 20.9 Å². The topological polar surface area (TPSA) is 90.5 Å². The molecule has 3 N–H and O–H groups in total. The summed E-state index contributed by atoms with van der Waals surface area (Å²) < 4.78 is 12.9. The standard InChI is InChI=1S/C21H25FN4O3/c1-2-26(14-19(27)23-12-17-8-10-18(22)11-9-17)15-20(28)25-21(29)24-13-16-6-4-3-5-7-16/h3-11H,2,12-15H2,1H3,(H,23,27)(H2,24,25,28,29). The Morgan fingerprint density at radius 2 is 1.41 bits per heavy atom. The van der Waals surface area contributed by atoms with E-state index < -0.39 is 11.9 Å². The fourth-order valence-corrected chi connectivity index (χ4v) is 2.53. The molecule has 4 amide bonds. The van der Waals surface area contributed by atoms with Crippen molar-refractivity contribution in [3.05, 3.63) is 71.5 Å². The number of carbonyl (C=O) groups is 3. The summed E-state index contributed by atoms with van der Waals surface area (Å²) >= 11 is 0. The smallest absolute Gasteiger partial charge is 0.321 e. The van der Waals surface area contributed by atoms with Crippen LogP contribution in [0.15, 0.2) is 54.6 Å². The van der Waals surface area contributed by atoms with Crippen LogP contribution in [0.1, 0.15) is 18.1 Å². The third-order valence-corrected chi connectivity index (χ3v) is 4.13. The summed E-state index contributed by atoms with van der Waals surface area (Å²) in [6.07, 6.45) is 0. The fraction of sp³-hybridized carbons (Fsp3) is 0.286. The van der Waals surface area contributed by atoms with Crippen molar-refractivity contribution in [3.8, 4) is 0 Å². The van der Waals surface area contributed by atoms with Gasteiger partial charge < -0.3 is 10.6 Å². The van der Waals surface area contributed by atoms with Crippen molar-refractivity contribution in [1.29, 1.82) is 0 Å². The van der Waals surface area contributed by atoms with Gasteiger partial charge in [-0.05, 0) is 29.8 Å². The molecule has 2 aromatic carbocycles. The van der Waals surface area contributed by atoms with Gasteiger partial charge in [-0.1, -0.05) is 49.4 Å². The van der Waals surface area contributed by atoms with Gasteiger partial charge in [0.25, 0.3) is 0 Å². The van der Waals surface area contributed by atoms with E-state index in [1.807, 2.05) is 37.3 Å². The maximum absolute atomic E-state index is 12.9. The third kappa shape index (κ3) is 8.52. The molecule has 0 bridgehead atoms. The monoisotopic (exact) mass is 400 g/mol. The number of hydrogen-bond donors (Lipinski definition) is 3. The Morgan fingerprint density at radius 3 is 2.07 bits per heavy atom. The number of nitrogens with one attached hydrogen (secondary N) is 3. The molecular formula is C21H25FN4O3. The van der Waals surface area contributed by atoms with Gasteiger partial charge in [-0.15, -0.1) is 0 Å². The first kappa shape index (κ1) is 22.0. The molecule has 8 heteroatoms. The molecule has 0 saturated carbocycles. The quantitative estimate of drug-likeness (QED) is 0.599. The molecule has 154 valence electrons. The lowest BCUT2D eigenvalue weighted by Crippen LogP contribution is -2.46. The van der Waals surface area contributed by atoms with Crippen LogP contribution < -0.4 is 16.0 Å². The Morgan fingerprint density at radius 1 is 0.828 bits per heavy atom. The highest BCUT2D eigenvalue weighted by molar-refractivity contribution is 5.95. The van der Waals surface area contributed by atoms with Crippen LogP contribution in [-0.2, 0) is 22.7 Å². The highest BCUT2D eigenvalue weighted by Gasteiger charge is 2.15. The lowest BCUT2D eigenvalue weighted by atomic mass is 10.2. The molecule has 0 spiro atoms. The first-order valence-corrected chi connectivity index (χ1v) is 9.31. The van der Waals surface area contributed by atoms with Crippen molar-refractivity contribution in [2.75, 3.05) is 19.6 Å². The zero-order valence-corrected chi connectivity index (χ0v) is 16.3. The van der Waals surface area contributed by atoms with Gasteiger partial charge >= 0.3 is 6.03 Å². The molecule has 0 atom stereocenters. The maximum Gasteiger partial charge on any atom is 0.321 e. The van der Waals surface area contributed by atoms with Crippen molar-refractivity contribution >= 4 is 17.8 Å². The minimum atomic E-state index is -0.587. The van der Waals surface area contributed by atoms with Gasteiger partial charge in [0, 0.05) is 13.1 Å². The second-order valence-corrected chi connectivity index (χ2v) is 6.42. The fourth-order valence-electron chi connectivity index (χ4n) is 2.53. The van der Waals surface area contributed by atoms with Gasteiger partial charge in [-0.3, -0.25) is 19.8 Å². The highest BCUT2D eigenvalue weighted by atomic mass is 19.1. The average Bonchev–Trinajstić information content (AvgIpc) is 2.72. The summed E-state index contributed by atoms with van der Waals surface area (Å²) in [6, 6.07) is 14.6. The molecule has 0 fully saturated rings. The molecule has 29 heavy (non-hydrogen) atoms. The minimum Gasteiger partial charge on any atom is -0.351 e. The van der Waals surface area contributed by atoms with E-state index in [1.165, 1.54) is 12.1 Å². The predicted molar refractivity (Wildman–Crippen MR) is 107 cm³/mol. The molecule has 2 aromatic rings. The van der Waals surface area contributed by atoms with Crippen LogP contribution in [0.25, 0.3) is 0 Å². The Hall–Kier alpha value is -3.26. The zero-order valence-electron chi connectivity index (χ0n) is 16.3. The molecule has 0 aliphatic carbocycles.